The minimum Gasteiger partial charge on any atom is -0.780 e. The number of fused-ring (bicyclic) bond motifs is 4. The number of hydrogen-bond acceptors (Lipinski definition) is 59. The lowest BCUT2D eigenvalue weighted by atomic mass is 10.1. The Morgan fingerprint density at radius 2 is 0.692 bits per heavy atom. The number of nitrogens with zero attached hydrogens (tertiary/aromatic N) is 20. The average molecular weight is 2210 g/mol. The molecule has 16 heterocycles. The van der Waals surface area contributed by atoms with Crippen LogP contribution in [0.5, 0.6) is 0 Å². The lowest BCUT2D eigenvalue weighted by Gasteiger charge is -2.36. The van der Waals surface area contributed by atoms with Gasteiger partial charge in [0.2, 0.25) is 0 Å². The molecule has 146 heavy (non-hydrogen) atoms. The monoisotopic (exact) mass is 2210 g/mol. The van der Waals surface area contributed by atoms with Gasteiger partial charge in [0.05, 0.1) is 137 Å². The fourth-order valence-electron chi connectivity index (χ4n) is 16.9. The van der Waals surface area contributed by atoms with E-state index in [0.29, 0.717) is 23.1 Å². The summed E-state index contributed by atoms with van der Waals surface area (Å²) in [6, 6.07) is 0. The largest absolute Gasteiger partial charge is 0.780 e. The van der Waals surface area contributed by atoms with Crippen molar-refractivity contribution in [2.24, 2.45) is 0 Å². The minimum atomic E-state index is -6.17. The van der Waals surface area contributed by atoms with Gasteiger partial charge < -0.3 is 192 Å². The Morgan fingerprint density at radius 1 is 0.384 bits per heavy atom. The molecular formula is C76H104N26O36P5S3-5. The number of imidazole rings is 4. The Labute approximate surface area is 842 Å². The standard InChI is InChI=1S/C76H109N26O36P5S3/c1-9-38-39(20-45(128-38)99-32-91-46-62(79)83-28-87-66(46)99)134-141(110,144)126-26-43-52(57(120-17-12-115-6)72(132-43)100-33-92-47-63(80)84-29-88-67(47)100)136-139(106,107)123-24-41-51(56(119-16-11-114-5)71(130-41)98-22-37(3)61(78)96-76(98)105)135-140(108,109)124-25-42-53(58(121-18-13-116-7)73(131-42)101-34-93-48-64(81)85-30-89-68(48)101)137-143(112,146)127-27-44-54(59(122-19-14-117-8)74(133-44)102-35-94-49-65(82)86-31-90-69(49)102)138-142(111,145)125-23-40-50(103)55(118-15-10-113-4)70(129-40)97-21-36(2)60(77)95-75(97)104/h21-22,28-35,38-45,50-59,70-74,103H,9-20,23-27H2,1-8H3,(H,106,107)(H,108,109)(H,110,144)(H,111,145)(H,112,146)(H2,77,95,104)(H2,78,96,105)(H2,79,83,87)(H2,80,84,88)(H2,81,85,89)(H2,82,86,90)/p-5/t38-,39-,40-,41-,42-,43-,44-,45-,50+,51+,52+,53+,54+,55?,56?,57?,58?,59?,70-,71-,72-,73-,74-,141?,142?,143?/m1/s1. The van der Waals surface area contributed by atoms with Crippen LogP contribution in [0.1, 0.15) is 68.3 Å². The quantitative estimate of drug-likeness (QED) is 0.0117. The first-order valence-electron chi connectivity index (χ1n) is 44.6. The number of anilines is 6. The third-order valence-corrected chi connectivity index (χ3v) is 30.4. The van der Waals surface area contributed by atoms with Crippen molar-refractivity contribution in [3.8, 4) is 0 Å². The second-order valence-electron chi connectivity index (χ2n) is 33.2. The zero-order chi connectivity index (χ0) is 104. The molecule has 6 saturated heterocycles. The van der Waals surface area contributed by atoms with Crippen molar-refractivity contribution >= 4 is 151 Å². The molecule has 0 bridgehead atoms. The number of aliphatic hydroxyl groups is 1. The first kappa shape index (κ1) is 111. The topological polar surface area (TPSA) is 804 Å². The molecule has 0 aromatic carbocycles. The van der Waals surface area contributed by atoms with Gasteiger partial charge >= 0.3 is 11.4 Å². The number of hydrogen-bond donors (Lipinski definition) is 7. The Kier molecular flexibility index (Phi) is 36.2. The Balaban J connectivity index is 0.686. The molecule has 6 aliphatic rings. The predicted octanol–water partition coefficient (Wildman–Crippen LogP) is -2.56. The van der Waals surface area contributed by atoms with Gasteiger partial charge in [0, 0.05) is 65.5 Å². The number of nitrogens with two attached hydrogens (primary N) is 6. The summed E-state index contributed by atoms with van der Waals surface area (Å²) in [7, 11) is -5.45. The molecule has 6 aliphatic heterocycles. The normalized spacial score (nSPS) is 29.2. The summed E-state index contributed by atoms with van der Waals surface area (Å²) >= 11 is 16.9. The van der Waals surface area contributed by atoms with E-state index in [4.69, 9.17) is 191 Å². The van der Waals surface area contributed by atoms with Gasteiger partial charge in [-0.2, -0.15) is 9.97 Å². The van der Waals surface area contributed by atoms with Crippen molar-refractivity contribution in [3.05, 3.63) is 95.1 Å². The van der Waals surface area contributed by atoms with Crippen LogP contribution in [0.2, 0.25) is 0 Å². The Morgan fingerprint density at radius 3 is 1.07 bits per heavy atom. The lowest BCUT2D eigenvalue weighted by molar-refractivity contribution is -0.241. The van der Waals surface area contributed by atoms with Crippen molar-refractivity contribution in [1.82, 2.24) is 97.2 Å². The molecule has 0 spiro atoms. The highest BCUT2D eigenvalue weighted by Gasteiger charge is 2.57. The molecule has 0 radical (unpaired) electrons. The van der Waals surface area contributed by atoms with Gasteiger partial charge in [0.1, 0.15) is 170 Å². The van der Waals surface area contributed by atoms with E-state index in [1.165, 1.54) is 100 Å². The maximum absolute atomic E-state index is 15.7. The van der Waals surface area contributed by atoms with E-state index in [1.807, 2.05) is 0 Å². The van der Waals surface area contributed by atoms with Crippen LogP contribution in [-0.4, -0.2) is 341 Å². The number of aliphatic hydroxyl groups excluding tert-OH is 1. The fourth-order valence-corrected chi connectivity index (χ4v) is 23.1. The van der Waals surface area contributed by atoms with Crippen molar-refractivity contribution in [3.63, 3.8) is 0 Å². The van der Waals surface area contributed by atoms with Gasteiger partial charge in [0.25, 0.3) is 15.6 Å². The number of rotatable bonds is 52. The molecule has 28 atom stereocenters. The number of phosphoric acid groups is 2. The molecule has 0 amide bonds. The van der Waals surface area contributed by atoms with Gasteiger partial charge in [-0.15, -0.1) is 0 Å². The molecule has 70 heteroatoms. The van der Waals surface area contributed by atoms with Crippen molar-refractivity contribution in [2.45, 2.75) is 175 Å². The molecule has 10 aromatic heterocycles. The smallest absolute Gasteiger partial charge is 0.351 e. The summed E-state index contributed by atoms with van der Waals surface area (Å²) in [6.07, 6.45) is -23.9. The molecule has 13 N–H and O–H groups in total. The van der Waals surface area contributed by atoms with Crippen LogP contribution in [0.4, 0.5) is 34.9 Å². The number of nitrogen functional groups attached to an aromatic ring is 6. The summed E-state index contributed by atoms with van der Waals surface area (Å²) in [4.78, 5) is 147. The van der Waals surface area contributed by atoms with Crippen LogP contribution in [0.25, 0.3) is 44.7 Å². The first-order valence-corrected chi connectivity index (χ1v) is 55.2. The SMILES string of the molecule is CC[C@H]1O[C@@H](n2cnc3c(N)ncnc32)C[C@H]1OP([O-])(=S)OC[C@H]1O[C@@H](n2cnc3c(N)ncnc32)C(OCCOC)[C@H]1OP(=O)([O-])OC[C@H]1O[C@@H](n2cc(C)c(N)nc2=O)C(OCCOC)[C@H]1OP(=O)([O-])OC[C@H]1O[C@@H](n2cnc3c(N)ncnc32)C(OCCOC)[C@H]1OP(=O)([S-])OC[C@H]1O[C@@H](n2cnc3c(N)ncnc32)C(OCCOC)[C@H]1OP([O-])(=S)OC[C@H]1O[C@@H](n2cc(C)c(N)nc2=O)C(OCCOC)[C@H]1O. The maximum atomic E-state index is 15.7. The van der Waals surface area contributed by atoms with Crippen molar-refractivity contribution in [2.75, 3.05) is 169 Å². The van der Waals surface area contributed by atoms with Crippen LogP contribution >= 0.6 is 35.9 Å². The number of aryl methyl sites for hydroxylation is 2. The van der Waals surface area contributed by atoms with Crippen molar-refractivity contribution in [1.29, 1.82) is 0 Å². The summed E-state index contributed by atoms with van der Waals surface area (Å²) in [5, 5.41) is 11.8. The third kappa shape index (κ3) is 25.1. The average Bonchev–Trinajstić information content (AvgIpc) is 1.61. The summed E-state index contributed by atoms with van der Waals surface area (Å²) < 4.78 is 211. The Hall–Kier alpha value is -8.14. The van der Waals surface area contributed by atoms with Gasteiger partial charge in [-0.1, -0.05) is 30.5 Å². The van der Waals surface area contributed by atoms with Gasteiger partial charge in [-0.3, -0.25) is 41.1 Å². The molecule has 16 rings (SSSR count). The third-order valence-electron chi connectivity index (χ3n) is 23.9. The van der Waals surface area contributed by atoms with Crippen LogP contribution < -0.4 is 65.4 Å². The minimum absolute atomic E-state index is 0.0141. The molecule has 0 saturated carbocycles. The molecule has 62 nitrogen and oxygen atoms in total. The zero-order valence-corrected chi connectivity index (χ0v) is 85.6. The van der Waals surface area contributed by atoms with E-state index in [0.717, 1.165) is 28.1 Å². The maximum Gasteiger partial charge on any atom is 0.351 e. The van der Waals surface area contributed by atoms with Crippen LogP contribution in [0.15, 0.2) is 72.6 Å². The van der Waals surface area contributed by atoms with E-state index < -0.39 is 228 Å². The molecule has 802 valence electrons. The highest BCUT2D eigenvalue weighted by atomic mass is 32.7. The molecule has 10 unspecified atom stereocenters. The van der Waals surface area contributed by atoms with Gasteiger partial charge in [0.15, 0.2) is 83.8 Å². The number of methoxy groups -OCH3 is 5. The predicted molar refractivity (Wildman–Crippen MR) is 500 cm³/mol. The van der Waals surface area contributed by atoms with E-state index >= 15 is 28.4 Å². The highest BCUT2D eigenvalue weighted by Crippen LogP contribution is 2.57. The van der Waals surface area contributed by atoms with E-state index in [-0.39, 0.29) is 140 Å². The van der Waals surface area contributed by atoms with E-state index in [2.05, 4.69) is 69.8 Å². The molecule has 0 aliphatic carbocycles. The van der Waals surface area contributed by atoms with E-state index in [9.17, 15) is 19.6 Å². The number of phosphoric ester groups is 2. The second kappa shape index (κ2) is 47.8. The molecular weight excluding hydrogens is 2100 g/mol. The van der Waals surface area contributed by atoms with Gasteiger partial charge in [-0.25, -0.2) is 69.4 Å². The summed E-state index contributed by atoms with van der Waals surface area (Å²) in [5.41, 5.74) is 36.4. The summed E-state index contributed by atoms with van der Waals surface area (Å²) in [5.74, 6) is -0.473. The second-order valence-corrected chi connectivity index (χ2v) is 44.0. The highest BCUT2D eigenvalue weighted by molar-refractivity contribution is 8.32. The van der Waals surface area contributed by atoms with Crippen LogP contribution in [0, 0.1) is 13.8 Å². The summed E-state index contributed by atoms with van der Waals surface area (Å²) in [6.45, 7) is -17.4. The zero-order valence-electron chi connectivity index (χ0n) is 78.7. The van der Waals surface area contributed by atoms with Crippen molar-refractivity contribution < 1.29 is 159 Å². The van der Waals surface area contributed by atoms with Crippen LogP contribution in [-0.2, 0) is 171 Å². The molecule has 10 aromatic rings. The van der Waals surface area contributed by atoms with E-state index in [1.54, 1.807) is 18.4 Å². The van der Waals surface area contributed by atoms with Crippen LogP contribution in [0.3, 0.4) is 0 Å². The van der Waals surface area contributed by atoms with Gasteiger partial charge in [-0.05, 0) is 20.3 Å². The molecule has 6 fully saturated rings. The number of ether oxygens (including phenoxy) is 16. The first-order chi connectivity index (χ1) is 69.8. The lowest BCUT2D eigenvalue weighted by Crippen LogP contribution is -2.42. The number of aromatic nitrogens is 20. The fraction of sp³-hybridized carbons (Fsp3) is 0.632. The Bertz CT molecular complexity index is 6580.